The van der Waals surface area contributed by atoms with Crippen LogP contribution in [-0.2, 0) is 0 Å². The molecule has 0 bridgehead atoms. The van der Waals surface area contributed by atoms with Gasteiger partial charge in [0.25, 0.3) is 0 Å². The molecule has 36 heavy (non-hydrogen) atoms. The molecule has 6 heteroatoms. The van der Waals surface area contributed by atoms with Gasteiger partial charge in [0, 0.05) is 16.5 Å². The van der Waals surface area contributed by atoms with Crippen LogP contribution in [0.25, 0.3) is 34.1 Å². The number of benzene rings is 3. The number of para-hydroxylation sites is 1. The number of methoxy groups -OCH3 is 1. The molecule has 1 aromatic heterocycles. The van der Waals surface area contributed by atoms with Gasteiger partial charge in [0.05, 0.1) is 30.2 Å². The van der Waals surface area contributed by atoms with Gasteiger partial charge in [0.15, 0.2) is 11.5 Å². The average Bonchev–Trinajstić information content (AvgIpc) is 3.42. The largest absolute Gasteiger partial charge is 0.493 e. The summed E-state index contributed by atoms with van der Waals surface area (Å²) in [4.78, 5) is 12.8. The van der Waals surface area contributed by atoms with Crippen molar-refractivity contribution in [1.29, 1.82) is 5.26 Å². The Bertz CT molecular complexity index is 1540. The first-order chi connectivity index (χ1) is 17.6. The summed E-state index contributed by atoms with van der Waals surface area (Å²) in [7, 11) is 1.61. The third-order valence-corrected chi connectivity index (χ3v) is 6.45. The zero-order chi connectivity index (χ0) is 25.1. The van der Waals surface area contributed by atoms with E-state index >= 15 is 0 Å². The van der Waals surface area contributed by atoms with E-state index in [1.807, 2.05) is 24.3 Å². The van der Waals surface area contributed by atoms with Gasteiger partial charge in [0.1, 0.15) is 11.6 Å². The zero-order valence-electron chi connectivity index (χ0n) is 19.8. The predicted molar refractivity (Wildman–Crippen MR) is 137 cm³/mol. The van der Waals surface area contributed by atoms with Gasteiger partial charge < -0.3 is 13.9 Å². The Kier molecular flexibility index (Phi) is 6.55. The number of nitrogens with zero attached hydrogens (tertiary/aromatic N) is 1. The van der Waals surface area contributed by atoms with Crippen molar-refractivity contribution < 1.29 is 18.3 Å². The smallest absolute Gasteiger partial charge is 0.344 e. The first-order valence-electron chi connectivity index (χ1n) is 11.9. The molecule has 1 heterocycles. The topological polar surface area (TPSA) is 72.5 Å². The molecule has 5 rings (SSSR count). The Morgan fingerprint density at radius 1 is 1.03 bits per heavy atom. The molecule has 1 aliphatic carbocycles. The first-order valence-corrected chi connectivity index (χ1v) is 11.9. The second kappa shape index (κ2) is 10.1. The van der Waals surface area contributed by atoms with Gasteiger partial charge in [-0.15, -0.1) is 0 Å². The number of ether oxygens (including phenoxy) is 2. The van der Waals surface area contributed by atoms with E-state index in [1.165, 1.54) is 12.1 Å². The van der Waals surface area contributed by atoms with E-state index in [2.05, 4.69) is 6.07 Å². The van der Waals surface area contributed by atoms with Crippen LogP contribution in [0.3, 0.4) is 0 Å². The van der Waals surface area contributed by atoms with Crippen molar-refractivity contribution in [2.24, 2.45) is 0 Å². The molecule has 0 aliphatic heterocycles. The number of hydrogen-bond donors (Lipinski definition) is 0. The van der Waals surface area contributed by atoms with Gasteiger partial charge >= 0.3 is 5.63 Å². The summed E-state index contributed by atoms with van der Waals surface area (Å²) in [5.41, 5.74) is 2.03. The minimum Gasteiger partial charge on any atom is -0.493 e. The number of halogens is 1. The third kappa shape index (κ3) is 4.60. The second-order valence-electron chi connectivity index (χ2n) is 8.74. The SMILES string of the molecule is COc1cccc(C=Cc2oc(=O)c3cc(F)ccc3c2-c2ccc(C#N)cc2)c1OC1CCCC1. The van der Waals surface area contributed by atoms with Crippen molar-refractivity contribution >= 4 is 22.9 Å². The Balaban J connectivity index is 1.65. The molecule has 4 aromatic rings. The summed E-state index contributed by atoms with van der Waals surface area (Å²) in [6.07, 6.45) is 7.96. The molecule has 0 amide bonds. The van der Waals surface area contributed by atoms with Crippen LogP contribution in [0.15, 0.2) is 69.9 Å². The molecule has 1 saturated carbocycles. The Labute approximate surface area is 208 Å². The summed E-state index contributed by atoms with van der Waals surface area (Å²) in [5, 5.41) is 9.90. The highest BCUT2D eigenvalue weighted by atomic mass is 19.1. The van der Waals surface area contributed by atoms with Crippen molar-refractivity contribution in [3.8, 4) is 28.7 Å². The molecular formula is C30H24FNO4. The van der Waals surface area contributed by atoms with Crippen molar-refractivity contribution in [2.45, 2.75) is 31.8 Å². The van der Waals surface area contributed by atoms with E-state index in [9.17, 15) is 14.4 Å². The van der Waals surface area contributed by atoms with E-state index in [0.717, 1.165) is 36.8 Å². The van der Waals surface area contributed by atoms with Crippen LogP contribution in [0, 0.1) is 17.1 Å². The summed E-state index contributed by atoms with van der Waals surface area (Å²) in [6.45, 7) is 0. The monoisotopic (exact) mass is 481 g/mol. The average molecular weight is 482 g/mol. The van der Waals surface area contributed by atoms with Crippen LogP contribution in [-0.4, -0.2) is 13.2 Å². The standard InChI is InChI=1S/C30H24FNO4/c1-34-27-8-4-5-21(29(27)35-23-6-2-3-7-23)13-16-26-28(20-11-9-19(18-32)10-12-20)24-15-14-22(31)17-25(24)30(33)36-26/h4-5,8-17,23H,2-3,6-7H2,1H3. The van der Waals surface area contributed by atoms with Gasteiger partial charge in [-0.2, -0.15) is 5.26 Å². The molecule has 3 aromatic carbocycles. The van der Waals surface area contributed by atoms with Crippen LogP contribution in [0.2, 0.25) is 0 Å². The van der Waals surface area contributed by atoms with Crippen LogP contribution in [0.4, 0.5) is 4.39 Å². The molecule has 1 fully saturated rings. The third-order valence-electron chi connectivity index (χ3n) is 6.45. The number of fused-ring (bicyclic) bond motifs is 1. The van der Waals surface area contributed by atoms with Crippen molar-refractivity contribution in [3.63, 3.8) is 0 Å². The van der Waals surface area contributed by atoms with Crippen LogP contribution < -0.4 is 15.1 Å². The van der Waals surface area contributed by atoms with E-state index in [-0.39, 0.29) is 11.5 Å². The minimum absolute atomic E-state index is 0.135. The zero-order valence-corrected chi connectivity index (χ0v) is 19.8. The van der Waals surface area contributed by atoms with Gasteiger partial charge in [0.2, 0.25) is 0 Å². The molecule has 0 atom stereocenters. The molecule has 1 aliphatic rings. The van der Waals surface area contributed by atoms with Crippen molar-refractivity contribution in [2.75, 3.05) is 7.11 Å². The van der Waals surface area contributed by atoms with Gasteiger partial charge in [-0.1, -0.05) is 30.3 Å². The predicted octanol–water partition coefficient (Wildman–Crippen LogP) is 6.97. The first kappa shape index (κ1) is 23.4. The fourth-order valence-corrected chi connectivity index (χ4v) is 4.66. The molecule has 0 saturated heterocycles. The van der Waals surface area contributed by atoms with Crippen molar-refractivity contribution in [1.82, 2.24) is 0 Å². The molecule has 0 spiro atoms. The maximum atomic E-state index is 13.9. The lowest BCUT2D eigenvalue weighted by Crippen LogP contribution is -2.12. The second-order valence-corrected chi connectivity index (χ2v) is 8.74. The number of rotatable bonds is 6. The molecule has 0 N–H and O–H groups in total. The number of nitriles is 1. The van der Waals surface area contributed by atoms with Gasteiger partial charge in [-0.3, -0.25) is 0 Å². The lowest BCUT2D eigenvalue weighted by molar-refractivity contribution is 0.200. The lowest BCUT2D eigenvalue weighted by atomic mass is 9.97. The van der Waals surface area contributed by atoms with Crippen molar-refractivity contribution in [3.05, 3.63) is 93.8 Å². The summed E-state index contributed by atoms with van der Waals surface area (Å²) >= 11 is 0. The molecule has 180 valence electrons. The Hall–Kier alpha value is -4.37. The molecular weight excluding hydrogens is 457 g/mol. The maximum Gasteiger partial charge on any atom is 0.344 e. The Morgan fingerprint density at radius 2 is 1.81 bits per heavy atom. The van der Waals surface area contributed by atoms with Crippen LogP contribution in [0.5, 0.6) is 11.5 Å². The maximum absolute atomic E-state index is 13.9. The minimum atomic E-state index is -0.630. The summed E-state index contributed by atoms with van der Waals surface area (Å²) in [6, 6.07) is 18.8. The highest BCUT2D eigenvalue weighted by Crippen LogP contribution is 2.37. The van der Waals surface area contributed by atoms with Crippen LogP contribution in [0.1, 0.15) is 42.6 Å². The molecule has 0 unspecified atom stereocenters. The fraction of sp³-hybridized carbons (Fsp3) is 0.200. The fourth-order valence-electron chi connectivity index (χ4n) is 4.66. The molecule has 5 nitrogen and oxygen atoms in total. The summed E-state index contributed by atoms with van der Waals surface area (Å²) < 4.78 is 31.5. The highest BCUT2D eigenvalue weighted by molar-refractivity contribution is 5.99. The van der Waals surface area contributed by atoms with E-state index in [4.69, 9.17) is 13.9 Å². The molecule has 0 radical (unpaired) electrons. The highest BCUT2D eigenvalue weighted by Gasteiger charge is 2.20. The number of hydrogen-bond acceptors (Lipinski definition) is 5. The normalized spacial score (nSPS) is 13.8. The van der Waals surface area contributed by atoms with E-state index < -0.39 is 11.4 Å². The van der Waals surface area contributed by atoms with E-state index in [0.29, 0.717) is 33.8 Å². The van der Waals surface area contributed by atoms with Crippen LogP contribution >= 0.6 is 0 Å². The lowest BCUT2D eigenvalue weighted by Gasteiger charge is -2.18. The van der Waals surface area contributed by atoms with E-state index in [1.54, 1.807) is 43.5 Å². The van der Waals surface area contributed by atoms with Gasteiger partial charge in [-0.25, -0.2) is 9.18 Å². The quantitative estimate of drug-likeness (QED) is 0.297. The Morgan fingerprint density at radius 3 is 2.53 bits per heavy atom. The van der Waals surface area contributed by atoms with Gasteiger partial charge in [-0.05, 0) is 73.7 Å². The summed E-state index contributed by atoms with van der Waals surface area (Å²) in [5.74, 6) is 1.08.